The van der Waals surface area contributed by atoms with E-state index < -0.39 is 5.92 Å². The molecular weight excluding hydrogens is 436 g/mol. The van der Waals surface area contributed by atoms with Crippen LogP contribution in [0.25, 0.3) is 10.9 Å². The van der Waals surface area contributed by atoms with Crippen molar-refractivity contribution >= 4 is 32.8 Å². The van der Waals surface area contributed by atoms with Gasteiger partial charge < -0.3 is 9.47 Å². The van der Waals surface area contributed by atoms with E-state index in [1.807, 2.05) is 43.3 Å². The second-order valence-corrected chi connectivity index (χ2v) is 7.41. The van der Waals surface area contributed by atoms with Crippen LogP contribution in [0.2, 0.25) is 0 Å². The van der Waals surface area contributed by atoms with Crippen LogP contribution < -0.4 is 10.3 Å². The fraction of sp³-hybridized carbons (Fsp3) is 0.318. The summed E-state index contributed by atoms with van der Waals surface area (Å²) < 4.78 is 13.3. The number of carbonyl (C=O) groups excluding carboxylic acids is 1. The molecule has 0 aliphatic rings. The van der Waals surface area contributed by atoms with Crippen molar-refractivity contribution in [1.29, 1.82) is 0 Å². The Hall–Kier alpha value is -2.67. The Labute approximate surface area is 177 Å². The minimum atomic E-state index is -0.414. The number of aryl methyl sites for hydroxylation is 1. The average Bonchev–Trinajstić information content (AvgIpc) is 2.71. The fourth-order valence-corrected chi connectivity index (χ4v) is 3.88. The molecule has 2 aromatic carbocycles. The van der Waals surface area contributed by atoms with Crippen molar-refractivity contribution in [2.45, 2.75) is 33.2 Å². The number of halogens is 1. The fourth-order valence-electron chi connectivity index (χ4n) is 3.16. The molecule has 1 atom stereocenters. The van der Waals surface area contributed by atoms with Gasteiger partial charge in [-0.1, -0.05) is 24.3 Å². The molecule has 0 amide bonds. The number of ether oxygens (including phenoxy) is 2. The van der Waals surface area contributed by atoms with Crippen LogP contribution in [-0.4, -0.2) is 28.7 Å². The first-order valence-electron chi connectivity index (χ1n) is 9.48. The van der Waals surface area contributed by atoms with Gasteiger partial charge >= 0.3 is 5.97 Å². The molecule has 0 N–H and O–H groups in total. The SMILES string of the molecule is CCOC(=O)C(C)c1cccc(OCCn2c(C)nc3ccccc3c2=O)c1Br. The molecule has 6 nitrogen and oxygen atoms in total. The molecule has 0 radical (unpaired) electrons. The van der Waals surface area contributed by atoms with Crippen molar-refractivity contribution < 1.29 is 14.3 Å². The molecule has 1 unspecified atom stereocenters. The van der Waals surface area contributed by atoms with E-state index in [1.165, 1.54) is 0 Å². The molecule has 152 valence electrons. The highest BCUT2D eigenvalue weighted by atomic mass is 79.9. The molecular formula is C22H23BrN2O4. The van der Waals surface area contributed by atoms with Crippen molar-refractivity contribution in [1.82, 2.24) is 9.55 Å². The van der Waals surface area contributed by atoms with Crippen molar-refractivity contribution in [3.63, 3.8) is 0 Å². The normalized spacial score (nSPS) is 12.0. The molecule has 0 saturated carbocycles. The maximum absolute atomic E-state index is 12.7. The molecule has 0 saturated heterocycles. The third kappa shape index (κ3) is 4.50. The van der Waals surface area contributed by atoms with Gasteiger partial charge in [0.25, 0.3) is 5.56 Å². The lowest BCUT2D eigenvalue weighted by Crippen LogP contribution is -2.26. The Balaban J connectivity index is 1.76. The van der Waals surface area contributed by atoms with Crippen LogP contribution in [0.5, 0.6) is 5.75 Å². The third-order valence-corrected chi connectivity index (χ3v) is 5.57. The van der Waals surface area contributed by atoms with Gasteiger partial charge in [-0.25, -0.2) is 4.98 Å². The molecule has 3 rings (SSSR count). The third-order valence-electron chi connectivity index (χ3n) is 4.72. The lowest BCUT2D eigenvalue weighted by atomic mass is 10.0. The van der Waals surface area contributed by atoms with Crippen LogP contribution >= 0.6 is 15.9 Å². The van der Waals surface area contributed by atoms with Crippen LogP contribution in [-0.2, 0) is 16.1 Å². The van der Waals surface area contributed by atoms with E-state index >= 15 is 0 Å². The minimum Gasteiger partial charge on any atom is -0.491 e. The first-order chi connectivity index (χ1) is 13.9. The van der Waals surface area contributed by atoms with E-state index in [4.69, 9.17) is 9.47 Å². The van der Waals surface area contributed by atoms with Crippen LogP contribution in [0.4, 0.5) is 0 Å². The first kappa shape index (κ1) is 21.0. The van der Waals surface area contributed by atoms with Crippen LogP contribution in [0.1, 0.15) is 31.2 Å². The van der Waals surface area contributed by atoms with E-state index in [2.05, 4.69) is 20.9 Å². The number of aromatic nitrogens is 2. The van der Waals surface area contributed by atoms with Gasteiger partial charge in [0.1, 0.15) is 18.2 Å². The van der Waals surface area contributed by atoms with Crippen molar-refractivity contribution in [3.8, 4) is 5.75 Å². The zero-order valence-corrected chi connectivity index (χ0v) is 18.2. The van der Waals surface area contributed by atoms with E-state index in [0.717, 1.165) is 5.56 Å². The molecule has 0 aliphatic heterocycles. The largest absolute Gasteiger partial charge is 0.491 e. The highest BCUT2D eigenvalue weighted by Gasteiger charge is 2.20. The van der Waals surface area contributed by atoms with E-state index in [9.17, 15) is 9.59 Å². The Morgan fingerprint density at radius 3 is 2.72 bits per heavy atom. The van der Waals surface area contributed by atoms with Crippen LogP contribution in [0.3, 0.4) is 0 Å². The monoisotopic (exact) mass is 458 g/mol. The maximum Gasteiger partial charge on any atom is 0.313 e. The number of para-hydroxylation sites is 1. The zero-order chi connectivity index (χ0) is 21.0. The number of nitrogens with zero attached hydrogens (tertiary/aromatic N) is 2. The molecule has 0 bridgehead atoms. The van der Waals surface area contributed by atoms with Gasteiger partial charge in [0, 0.05) is 0 Å². The highest BCUT2D eigenvalue weighted by Crippen LogP contribution is 2.33. The standard InChI is InChI=1S/C22H23BrN2O4/c1-4-28-22(27)14(2)16-9-7-11-19(20(16)23)29-13-12-25-15(3)24-18-10-6-5-8-17(18)21(25)26/h5-11,14H,4,12-13H2,1-3H3. The summed E-state index contributed by atoms with van der Waals surface area (Å²) in [7, 11) is 0. The quantitative estimate of drug-likeness (QED) is 0.495. The molecule has 3 aromatic rings. The number of hydrogen-bond donors (Lipinski definition) is 0. The minimum absolute atomic E-state index is 0.0829. The molecule has 0 aliphatic carbocycles. The average molecular weight is 459 g/mol. The van der Waals surface area contributed by atoms with E-state index in [-0.39, 0.29) is 18.1 Å². The molecule has 29 heavy (non-hydrogen) atoms. The maximum atomic E-state index is 12.7. The van der Waals surface area contributed by atoms with Crippen molar-refractivity contribution in [3.05, 3.63) is 68.7 Å². The number of benzene rings is 2. The lowest BCUT2D eigenvalue weighted by molar-refractivity contribution is -0.144. The summed E-state index contributed by atoms with van der Waals surface area (Å²) in [6.07, 6.45) is 0. The summed E-state index contributed by atoms with van der Waals surface area (Å²) in [6, 6.07) is 12.8. The van der Waals surface area contributed by atoms with Crippen molar-refractivity contribution in [2.24, 2.45) is 0 Å². The lowest BCUT2D eigenvalue weighted by Gasteiger charge is -2.16. The Morgan fingerprint density at radius 1 is 1.21 bits per heavy atom. The number of fused-ring (bicyclic) bond motifs is 1. The summed E-state index contributed by atoms with van der Waals surface area (Å²) in [4.78, 5) is 29.3. The van der Waals surface area contributed by atoms with Gasteiger partial charge in [-0.2, -0.15) is 0 Å². The number of hydrogen-bond acceptors (Lipinski definition) is 5. The van der Waals surface area contributed by atoms with Gasteiger partial charge in [-0.15, -0.1) is 0 Å². The molecule has 1 heterocycles. The summed E-state index contributed by atoms with van der Waals surface area (Å²) in [6.45, 7) is 6.38. The highest BCUT2D eigenvalue weighted by molar-refractivity contribution is 9.10. The molecule has 0 fully saturated rings. The predicted molar refractivity (Wildman–Crippen MR) is 115 cm³/mol. The molecule has 0 spiro atoms. The van der Waals surface area contributed by atoms with E-state index in [1.54, 1.807) is 24.5 Å². The van der Waals surface area contributed by atoms with Gasteiger partial charge in [0.15, 0.2) is 0 Å². The summed E-state index contributed by atoms with van der Waals surface area (Å²) in [5.74, 6) is 0.552. The second kappa shape index (κ2) is 9.22. The Kier molecular flexibility index (Phi) is 6.69. The topological polar surface area (TPSA) is 70.4 Å². The zero-order valence-electron chi connectivity index (χ0n) is 16.6. The summed E-state index contributed by atoms with van der Waals surface area (Å²) >= 11 is 3.54. The smallest absolute Gasteiger partial charge is 0.313 e. The first-order valence-corrected chi connectivity index (χ1v) is 10.3. The van der Waals surface area contributed by atoms with Gasteiger partial charge in [0.05, 0.1) is 34.4 Å². The van der Waals surface area contributed by atoms with Gasteiger partial charge in [0.2, 0.25) is 0 Å². The number of esters is 1. The molecule has 7 heteroatoms. The van der Waals surface area contributed by atoms with E-state index in [0.29, 0.717) is 40.1 Å². The predicted octanol–water partition coefficient (Wildman–Crippen LogP) is 4.21. The second-order valence-electron chi connectivity index (χ2n) is 6.61. The van der Waals surface area contributed by atoms with Gasteiger partial charge in [-0.3, -0.25) is 14.2 Å². The van der Waals surface area contributed by atoms with Crippen LogP contribution in [0.15, 0.2) is 51.7 Å². The molecule has 1 aromatic heterocycles. The summed E-state index contributed by atoms with van der Waals surface area (Å²) in [5, 5.41) is 0.588. The number of carbonyl (C=O) groups is 1. The van der Waals surface area contributed by atoms with Crippen molar-refractivity contribution in [2.75, 3.05) is 13.2 Å². The summed E-state index contributed by atoms with van der Waals surface area (Å²) in [5.41, 5.74) is 1.40. The Morgan fingerprint density at radius 2 is 1.97 bits per heavy atom. The van der Waals surface area contributed by atoms with Crippen LogP contribution in [0, 0.1) is 6.92 Å². The number of rotatable bonds is 7. The Bertz CT molecular complexity index is 1090. The van der Waals surface area contributed by atoms with Gasteiger partial charge in [-0.05, 0) is 60.5 Å².